The molecule has 5 nitrogen and oxygen atoms in total. The highest BCUT2D eigenvalue weighted by molar-refractivity contribution is 6.30. The number of nitrogens with zero attached hydrogens (tertiary/aromatic N) is 1. The molecule has 110 valence electrons. The Labute approximate surface area is 123 Å². The maximum atomic E-state index is 12.3. The number of hydrogen-bond acceptors (Lipinski definition) is 3. The molecule has 0 bridgehead atoms. The number of benzene rings is 1. The van der Waals surface area contributed by atoms with Gasteiger partial charge in [-0.25, -0.2) is 0 Å². The minimum absolute atomic E-state index is 0.255. The second-order valence-corrected chi connectivity index (χ2v) is 5.47. The van der Waals surface area contributed by atoms with Crippen molar-refractivity contribution in [3.63, 3.8) is 0 Å². The van der Waals surface area contributed by atoms with Crippen LogP contribution in [0.3, 0.4) is 0 Å². The molecule has 0 saturated carbocycles. The molecule has 1 aromatic rings. The molecule has 0 spiro atoms. The second kappa shape index (κ2) is 7.26. The van der Waals surface area contributed by atoms with Crippen molar-refractivity contribution in [3.05, 3.63) is 29.3 Å². The Kier molecular flexibility index (Phi) is 5.98. The Morgan fingerprint density at radius 3 is 2.30 bits per heavy atom. The summed E-state index contributed by atoms with van der Waals surface area (Å²) in [6, 6.07) is 5.70. The van der Waals surface area contributed by atoms with Gasteiger partial charge in [0, 0.05) is 10.7 Å². The fraction of sp³-hybridized carbons (Fsp3) is 0.429. The Bertz CT molecular complexity index is 474. The molecule has 1 atom stereocenters. The van der Waals surface area contributed by atoms with E-state index in [0.29, 0.717) is 17.1 Å². The maximum Gasteiger partial charge on any atom is 0.323 e. The molecule has 1 unspecified atom stereocenters. The summed E-state index contributed by atoms with van der Waals surface area (Å²) in [5.41, 5.74) is 6.32. The van der Waals surface area contributed by atoms with Crippen LogP contribution in [0.5, 0.6) is 0 Å². The van der Waals surface area contributed by atoms with Gasteiger partial charge >= 0.3 is 5.97 Å². The number of carboxylic acid groups (broad SMARTS) is 1. The number of aliphatic carboxylic acids is 1. The summed E-state index contributed by atoms with van der Waals surface area (Å²) in [7, 11) is 0. The van der Waals surface area contributed by atoms with E-state index in [1.54, 1.807) is 24.3 Å². The molecule has 1 aromatic carbocycles. The van der Waals surface area contributed by atoms with Gasteiger partial charge in [-0.1, -0.05) is 25.4 Å². The summed E-state index contributed by atoms with van der Waals surface area (Å²) >= 11 is 5.79. The fourth-order valence-electron chi connectivity index (χ4n) is 1.86. The number of amides is 1. The van der Waals surface area contributed by atoms with Crippen LogP contribution in [0, 0.1) is 5.92 Å². The first kappa shape index (κ1) is 16.5. The molecule has 0 aliphatic heterocycles. The lowest BCUT2D eigenvalue weighted by Crippen LogP contribution is -2.46. The zero-order valence-corrected chi connectivity index (χ0v) is 12.3. The van der Waals surface area contributed by atoms with E-state index in [2.05, 4.69) is 0 Å². The third-order valence-corrected chi connectivity index (χ3v) is 2.99. The summed E-state index contributed by atoms with van der Waals surface area (Å²) in [6.45, 7) is 3.49. The van der Waals surface area contributed by atoms with E-state index in [-0.39, 0.29) is 5.92 Å². The second-order valence-electron chi connectivity index (χ2n) is 5.03. The molecule has 1 rings (SSSR count). The highest BCUT2D eigenvalue weighted by Gasteiger charge is 2.24. The van der Waals surface area contributed by atoms with Gasteiger partial charge in [-0.15, -0.1) is 0 Å². The van der Waals surface area contributed by atoms with Crippen LogP contribution in [0.1, 0.15) is 20.3 Å². The van der Waals surface area contributed by atoms with Gasteiger partial charge in [-0.2, -0.15) is 0 Å². The van der Waals surface area contributed by atoms with Gasteiger partial charge in [0.1, 0.15) is 6.54 Å². The molecule has 0 heterocycles. The molecular formula is C14H19ClN2O3. The molecular weight excluding hydrogens is 280 g/mol. The van der Waals surface area contributed by atoms with Crippen molar-refractivity contribution in [1.29, 1.82) is 0 Å². The lowest BCUT2D eigenvalue weighted by molar-refractivity contribution is -0.136. The molecule has 1 amide bonds. The molecule has 20 heavy (non-hydrogen) atoms. The Morgan fingerprint density at radius 2 is 1.85 bits per heavy atom. The van der Waals surface area contributed by atoms with Gasteiger partial charge in [0.25, 0.3) is 0 Å². The summed E-state index contributed by atoms with van der Waals surface area (Å²) in [4.78, 5) is 24.4. The molecule has 0 radical (unpaired) electrons. The number of halogens is 1. The van der Waals surface area contributed by atoms with Crippen molar-refractivity contribution >= 4 is 29.2 Å². The van der Waals surface area contributed by atoms with E-state index < -0.39 is 24.5 Å². The van der Waals surface area contributed by atoms with Gasteiger partial charge in [-0.3, -0.25) is 14.5 Å². The maximum absolute atomic E-state index is 12.3. The van der Waals surface area contributed by atoms with Crippen molar-refractivity contribution in [3.8, 4) is 0 Å². The largest absolute Gasteiger partial charge is 0.480 e. The normalized spacial score (nSPS) is 12.2. The number of carboxylic acids is 1. The topological polar surface area (TPSA) is 83.6 Å². The fourth-order valence-corrected chi connectivity index (χ4v) is 1.99. The predicted octanol–water partition coefficient (Wildman–Crippen LogP) is 2.13. The molecule has 0 aliphatic carbocycles. The standard InChI is InChI=1S/C14H19ClN2O3/c1-9(2)7-12(16)14(20)17(8-13(18)19)11-5-3-10(15)4-6-11/h3-6,9,12H,7-8,16H2,1-2H3,(H,18,19). The van der Waals surface area contributed by atoms with Crippen molar-refractivity contribution in [1.82, 2.24) is 0 Å². The number of anilines is 1. The highest BCUT2D eigenvalue weighted by Crippen LogP contribution is 2.19. The predicted molar refractivity (Wildman–Crippen MR) is 78.9 cm³/mol. The molecule has 0 saturated heterocycles. The van der Waals surface area contributed by atoms with Gasteiger partial charge in [0.15, 0.2) is 0 Å². The van der Waals surface area contributed by atoms with Crippen LogP contribution in [0.25, 0.3) is 0 Å². The van der Waals surface area contributed by atoms with E-state index in [4.69, 9.17) is 22.4 Å². The number of carbonyl (C=O) groups is 2. The lowest BCUT2D eigenvalue weighted by atomic mass is 10.0. The number of nitrogens with two attached hydrogens (primary N) is 1. The first-order valence-corrected chi connectivity index (χ1v) is 6.73. The number of rotatable bonds is 6. The van der Waals surface area contributed by atoms with E-state index in [9.17, 15) is 9.59 Å². The minimum Gasteiger partial charge on any atom is -0.480 e. The van der Waals surface area contributed by atoms with E-state index >= 15 is 0 Å². The van der Waals surface area contributed by atoms with Crippen LogP contribution in [-0.4, -0.2) is 29.6 Å². The van der Waals surface area contributed by atoms with Crippen molar-refractivity contribution in [2.75, 3.05) is 11.4 Å². The quantitative estimate of drug-likeness (QED) is 0.842. The number of carbonyl (C=O) groups excluding carboxylic acids is 1. The summed E-state index contributed by atoms with van der Waals surface area (Å²) < 4.78 is 0. The van der Waals surface area contributed by atoms with Gasteiger partial charge < -0.3 is 10.8 Å². The molecule has 0 aliphatic rings. The third kappa shape index (κ3) is 4.83. The van der Waals surface area contributed by atoms with Crippen LogP contribution < -0.4 is 10.6 Å². The van der Waals surface area contributed by atoms with Gasteiger partial charge in [0.2, 0.25) is 5.91 Å². The number of hydrogen-bond donors (Lipinski definition) is 2. The summed E-state index contributed by atoms with van der Waals surface area (Å²) in [5, 5.41) is 9.47. The van der Waals surface area contributed by atoms with Gasteiger partial charge in [-0.05, 0) is 36.6 Å². The van der Waals surface area contributed by atoms with Crippen LogP contribution in [0.2, 0.25) is 5.02 Å². The van der Waals surface area contributed by atoms with E-state index in [1.165, 1.54) is 4.90 Å². The van der Waals surface area contributed by atoms with E-state index in [0.717, 1.165) is 0 Å². The average molecular weight is 299 g/mol. The minimum atomic E-state index is -1.09. The highest BCUT2D eigenvalue weighted by atomic mass is 35.5. The van der Waals surface area contributed by atoms with Crippen LogP contribution in [0.15, 0.2) is 24.3 Å². The first-order valence-electron chi connectivity index (χ1n) is 6.35. The monoisotopic (exact) mass is 298 g/mol. The van der Waals surface area contributed by atoms with Crippen LogP contribution in [0.4, 0.5) is 5.69 Å². The molecule has 6 heteroatoms. The molecule has 0 fully saturated rings. The Hall–Kier alpha value is -1.59. The molecule has 0 aromatic heterocycles. The zero-order chi connectivity index (χ0) is 15.3. The third-order valence-electron chi connectivity index (χ3n) is 2.74. The summed E-state index contributed by atoms with van der Waals surface area (Å²) in [5.74, 6) is -1.24. The van der Waals surface area contributed by atoms with Crippen LogP contribution >= 0.6 is 11.6 Å². The van der Waals surface area contributed by atoms with E-state index in [1.807, 2.05) is 13.8 Å². The van der Waals surface area contributed by atoms with Crippen molar-refractivity contribution in [2.45, 2.75) is 26.3 Å². The van der Waals surface area contributed by atoms with Gasteiger partial charge in [0.05, 0.1) is 6.04 Å². The van der Waals surface area contributed by atoms with Crippen LogP contribution in [-0.2, 0) is 9.59 Å². The smallest absolute Gasteiger partial charge is 0.323 e. The Balaban J connectivity index is 2.96. The Morgan fingerprint density at radius 1 is 1.30 bits per heavy atom. The zero-order valence-electron chi connectivity index (χ0n) is 11.5. The first-order chi connectivity index (χ1) is 9.31. The summed E-state index contributed by atoms with van der Waals surface area (Å²) in [6.07, 6.45) is 0.503. The van der Waals surface area contributed by atoms with Crippen molar-refractivity contribution in [2.24, 2.45) is 11.7 Å². The lowest BCUT2D eigenvalue weighted by Gasteiger charge is -2.25. The molecule has 3 N–H and O–H groups in total. The SMILES string of the molecule is CC(C)CC(N)C(=O)N(CC(=O)O)c1ccc(Cl)cc1. The van der Waals surface area contributed by atoms with Crippen molar-refractivity contribution < 1.29 is 14.7 Å². The average Bonchev–Trinajstić information content (AvgIpc) is 2.35.